The molecule has 0 aromatic rings. The van der Waals surface area contributed by atoms with Gasteiger partial charge in [-0.05, 0) is 32.9 Å². The summed E-state index contributed by atoms with van der Waals surface area (Å²) in [6, 6.07) is 0. The van der Waals surface area contributed by atoms with Crippen LogP contribution in [0.3, 0.4) is 0 Å². The molecule has 0 aliphatic carbocycles. The van der Waals surface area contributed by atoms with E-state index in [-0.39, 0.29) is 5.54 Å². The minimum absolute atomic E-state index is 0.255. The Morgan fingerprint density at radius 1 is 1.07 bits per heavy atom. The van der Waals surface area contributed by atoms with Crippen molar-refractivity contribution in [3.05, 3.63) is 0 Å². The molecule has 0 amide bonds. The van der Waals surface area contributed by atoms with E-state index in [0.717, 1.165) is 6.54 Å². The fourth-order valence-electron chi connectivity index (χ4n) is 2.18. The predicted octanol–water partition coefficient (Wildman–Crippen LogP) is 3.02. The Kier molecular flexibility index (Phi) is 8.07. The molecule has 0 bridgehead atoms. The average molecular weight is 214 g/mol. The molecule has 0 rings (SSSR count). The van der Waals surface area contributed by atoms with E-state index in [9.17, 15) is 0 Å². The van der Waals surface area contributed by atoms with Crippen LogP contribution in [0.5, 0.6) is 0 Å². The average Bonchev–Trinajstić information content (AvgIpc) is 2.28. The quantitative estimate of drug-likeness (QED) is 0.639. The second kappa shape index (κ2) is 8.12. The molecule has 2 N–H and O–H groups in total. The van der Waals surface area contributed by atoms with Crippen LogP contribution in [0.15, 0.2) is 0 Å². The topological polar surface area (TPSA) is 29.3 Å². The number of hydrogen-bond donors (Lipinski definition) is 1. The van der Waals surface area contributed by atoms with E-state index in [1.165, 1.54) is 45.1 Å². The van der Waals surface area contributed by atoms with Gasteiger partial charge in [0, 0.05) is 12.1 Å². The van der Waals surface area contributed by atoms with Gasteiger partial charge >= 0.3 is 0 Å². The molecule has 0 aliphatic heterocycles. The van der Waals surface area contributed by atoms with Crippen LogP contribution < -0.4 is 5.73 Å². The van der Waals surface area contributed by atoms with E-state index in [4.69, 9.17) is 5.73 Å². The van der Waals surface area contributed by atoms with Crippen molar-refractivity contribution in [2.75, 3.05) is 20.1 Å². The summed E-state index contributed by atoms with van der Waals surface area (Å²) in [5.41, 5.74) is 6.25. The van der Waals surface area contributed by atoms with Crippen molar-refractivity contribution >= 4 is 0 Å². The first-order valence-electron chi connectivity index (χ1n) is 6.58. The molecule has 0 heterocycles. The maximum atomic E-state index is 5.99. The van der Waals surface area contributed by atoms with Gasteiger partial charge in [0.05, 0.1) is 0 Å². The number of nitrogens with two attached hydrogens (primary N) is 1. The molecule has 92 valence electrons. The van der Waals surface area contributed by atoms with Gasteiger partial charge in [-0.15, -0.1) is 0 Å². The van der Waals surface area contributed by atoms with Gasteiger partial charge in [-0.2, -0.15) is 0 Å². The SMILES string of the molecule is CCCCN(C)C(CC)(CN)CCCC. The first kappa shape index (κ1) is 14.9. The summed E-state index contributed by atoms with van der Waals surface area (Å²) in [6.07, 6.45) is 7.53. The number of nitrogens with zero attached hydrogens (tertiary/aromatic N) is 1. The van der Waals surface area contributed by atoms with Gasteiger partial charge in [0.1, 0.15) is 0 Å². The Hall–Kier alpha value is -0.0800. The fraction of sp³-hybridized carbons (Fsp3) is 1.00. The molecule has 0 radical (unpaired) electrons. The molecule has 0 aliphatic rings. The van der Waals surface area contributed by atoms with Crippen molar-refractivity contribution in [3.8, 4) is 0 Å². The third kappa shape index (κ3) is 4.52. The van der Waals surface area contributed by atoms with E-state index in [1.807, 2.05) is 0 Å². The molecule has 2 nitrogen and oxygen atoms in total. The van der Waals surface area contributed by atoms with E-state index in [2.05, 4.69) is 32.7 Å². The molecule has 2 heteroatoms. The highest BCUT2D eigenvalue weighted by Gasteiger charge is 2.29. The Morgan fingerprint density at radius 2 is 1.67 bits per heavy atom. The Balaban J connectivity index is 4.30. The lowest BCUT2D eigenvalue weighted by Crippen LogP contribution is -2.52. The van der Waals surface area contributed by atoms with E-state index < -0.39 is 0 Å². The van der Waals surface area contributed by atoms with Crippen molar-refractivity contribution in [3.63, 3.8) is 0 Å². The van der Waals surface area contributed by atoms with Crippen LogP contribution in [0.1, 0.15) is 59.3 Å². The molecule has 0 aromatic heterocycles. The zero-order chi connectivity index (χ0) is 11.7. The molecule has 1 atom stereocenters. The van der Waals surface area contributed by atoms with Gasteiger partial charge in [-0.25, -0.2) is 0 Å². The van der Waals surface area contributed by atoms with Crippen LogP contribution in [0.2, 0.25) is 0 Å². The molecule has 0 saturated heterocycles. The number of unbranched alkanes of at least 4 members (excludes halogenated alkanes) is 2. The second-order valence-electron chi connectivity index (χ2n) is 4.66. The Labute approximate surface area is 96.2 Å². The van der Waals surface area contributed by atoms with Crippen LogP contribution in [-0.4, -0.2) is 30.6 Å². The summed E-state index contributed by atoms with van der Waals surface area (Å²) in [6.45, 7) is 8.75. The van der Waals surface area contributed by atoms with Gasteiger partial charge in [-0.3, -0.25) is 4.90 Å². The Morgan fingerprint density at radius 3 is 2.07 bits per heavy atom. The van der Waals surface area contributed by atoms with Gasteiger partial charge in [0.25, 0.3) is 0 Å². The van der Waals surface area contributed by atoms with Gasteiger partial charge in [-0.1, -0.05) is 40.0 Å². The molecule has 0 aromatic carbocycles. The van der Waals surface area contributed by atoms with Crippen molar-refractivity contribution < 1.29 is 0 Å². The molecule has 1 unspecified atom stereocenters. The largest absolute Gasteiger partial charge is 0.329 e. The number of rotatable bonds is 9. The van der Waals surface area contributed by atoms with E-state index in [1.54, 1.807) is 0 Å². The van der Waals surface area contributed by atoms with Crippen LogP contribution in [-0.2, 0) is 0 Å². The molecule has 15 heavy (non-hydrogen) atoms. The van der Waals surface area contributed by atoms with Crippen molar-refractivity contribution in [1.82, 2.24) is 4.90 Å². The first-order chi connectivity index (χ1) is 7.16. The summed E-state index contributed by atoms with van der Waals surface area (Å²) in [4.78, 5) is 2.49. The first-order valence-corrected chi connectivity index (χ1v) is 6.58. The second-order valence-corrected chi connectivity index (χ2v) is 4.66. The number of likely N-dealkylation sites (N-methyl/N-ethyl adjacent to an activating group) is 1. The monoisotopic (exact) mass is 214 g/mol. The lowest BCUT2D eigenvalue weighted by atomic mass is 9.88. The van der Waals surface area contributed by atoms with E-state index >= 15 is 0 Å². The molecular formula is C13H30N2. The Bertz CT molecular complexity index is 141. The highest BCUT2D eigenvalue weighted by Crippen LogP contribution is 2.24. The predicted molar refractivity (Wildman–Crippen MR) is 69.1 cm³/mol. The summed E-state index contributed by atoms with van der Waals surface area (Å²) in [5, 5.41) is 0. The molecular weight excluding hydrogens is 184 g/mol. The third-order valence-corrected chi connectivity index (χ3v) is 3.69. The zero-order valence-electron chi connectivity index (χ0n) is 11.2. The van der Waals surface area contributed by atoms with Crippen LogP contribution in [0, 0.1) is 0 Å². The fourth-order valence-corrected chi connectivity index (χ4v) is 2.18. The molecule has 0 fully saturated rings. The molecule has 0 saturated carbocycles. The lowest BCUT2D eigenvalue weighted by molar-refractivity contribution is 0.106. The van der Waals surface area contributed by atoms with Crippen molar-refractivity contribution in [2.24, 2.45) is 5.73 Å². The summed E-state index contributed by atoms with van der Waals surface area (Å²) >= 11 is 0. The van der Waals surface area contributed by atoms with Crippen LogP contribution >= 0.6 is 0 Å². The zero-order valence-corrected chi connectivity index (χ0v) is 11.2. The summed E-state index contributed by atoms with van der Waals surface area (Å²) in [7, 11) is 2.24. The maximum Gasteiger partial charge on any atom is 0.0326 e. The smallest absolute Gasteiger partial charge is 0.0326 e. The maximum absolute atomic E-state index is 5.99. The highest BCUT2D eigenvalue weighted by atomic mass is 15.2. The lowest BCUT2D eigenvalue weighted by Gasteiger charge is -2.41. The van der Waals surface area contributed by atoms with Gasteiger partial charge in [0.15, 0.2) is 0 Å². The minimum Gasteiger partial charge on any atom is -0.329 e. The van der Waals surface area contributed by atoms with Gasteiger partial charge in [0.2, 0.25) is 0 Å². The minimum atomic E-state index is 0.255. The van der Waals surface area contributed by atoms with Crippen molar-refractivity contribution in [1.29, 1.82) is 0 Å². The van der Waals surface area contributed by atoms with Gasteiger partial charge < -0.3 is 5.73 Å². The normalized spacial score (nSPS) is 15.6. The third-order valence-electron chi connectivity index (χ3n) is 3.69. The van der Waals surface area contributed by atoms with Crippen LogP contribution in [0.4, 0.5) is 0 Å². The van der Waals surface area contributed by atoms with E-state index in [0.29, 0.717) is 0 Å². The number of hydrogen-bond acceptors (Lipinski definition) is 2. The molecule has 0 spiro atoms. The summed E-state index contributed by atoms with van der Waals surface area (Å²) < 4.78 is 0. The summed E-state index contributed by atoms with van der Waals surface area (Å²) in [5.74, 6) is 0. The standard InChI is InChI=1S/C13H30N2/c1-5-8-10-13(7-3,12-14)15(4)11-9-6-2/h5-12,14H2,1-4H3. The van der Waals surface area contributed by atoms with Crippen LogP contribution in [0.25, 0.3) is 0 Å². The van der Waals surface area contributed by atoms with Crippen molar-refractivity contribution in [2.45, 2.75) is 64.8 Å². The highest BCUT2D eigenvalue weighted by molar-refractivity contribution is 4.88.